The van der Waals surface area contributed by atoms with Gasteiger partial charge in [0.2, 0.25) is 5.91 Å². The zero-order chi connectivity index (χ0) is 18.1. The van der Waals surface area contributed by atoms with Crippen LogP contribution in [0.15, 0.2) is 4.99 Å². The van der Waals surface area contributed by atoms with Gasteiger partial charge in [0.25, 0.3) is 0 Å². The highest BCUT2D eigenvalue weighted by Crippen LogP contribution is 2.26. The van der Waals surface area contributed by atoms with Gasteiger partial charge in [0.1, 0.15) is 0 Å². The molecule has 25 heavy (non-hydrogen) atoms. The molecule has 2 N–H and O–H groups in total. The van der Waals surface area contributed by atoms with Crippen molar-refractivity contribution in [3.05, 3.63) is 0 Å². The number of hydrogen-bond acceptors (Lipinski definition) is 4. The van der Waals surface area contributed by atoms with Crippen molar-refractivity contribution in [1.82, 2.24) is 20.4 Å². The van der Waals surface area contributed by atoms with Crippen LogP contribution in [0.25, 0.3) is 0 Å². The number of piperazine rings is 1. The Kier molecular flexibility index (Phi) is 8.48. The number of nitrogens with zero attached hydrogens (tertiary/aromatic N) is 3. The highest BCUT2D eigenvalue weighted by Gasteiger charge is 2.29. The first kappa shape index (κ1) is 20.0. The van der Waals surface area contributed by atoms with Crippen LogP contribution in [0, 0.1) is 5.92 Å². The van der Waals surface area contributed by atoms with Gasteiger partial charge in [0.15, 0.2) is 5.96 Å². The Morgan fingerprint density at radius 3 is 2.52 bits per heavy atom. The first-order valence-corrected chi connectivity index (χ1v) is 9.61. The van der Waals surface area contributed by atoms with Crippen molar-refractivity contribution >= 4 is 11.9 Å². The van der Waals surface area contributed by atoms with Gasteiger partial charge in [-0.25, -0.2) is 0 Å². The predicted octanol–water partition coefficient (Wildman–Crippen LogP) is 0.521. The van der Waals surface area contributed by atoms with Gasteiger partial charge in [0, 0.05) is 65.4 Å². The molecule has 0 aromatic carbocycles. The Morgan fingerprint density at radius 2 is 1.92 bits per heavy atom. The number of methoxy groups -OCH3 is 1. The first-order valence-electron chi connectivity index (χ1n) is 9.61. The van der Waals surface area contributed by atoms with Gasteiger partial charge in [-0.15, -0.1) is 0 Å². The third-order valence-corrected chi connectivity index (χ3v) is 5.13. The van der Waals surface area contributed by atoms with Crippen molar-refractivity contribution in [1.29, 1.82) is 0 Å². The Labute approximate surface area is 152 Å². The number of aliphatic imine (C=N–C) groups is 1. The van der Waals surface area contributed by atoms with Crippen molar-refractivity contribution in [2.24, 2.45) is 10.9 Å². The molecule has 2 rings (SSSR count). The fraction of sp³-hybridized carbons (Fsp3) is 0.889. The molecule has 0 bridgehead atoms. The topological polar surface area (TPSA) is 69.2 Å². The van der Waals surface area contributed by atoms with E-state index < -0.39 is 0 Å². The Bertz CT molecular complexity index is 429. The molecule has 1 heterocycles. The molecule has 0 radical (unpaired) electrons. The summed E-state index contributed by atoms with van der Waals surface area (Å²) in [6, 6.07) is 0.223. The zero-order valence-electron chi connectivity index (χ0n) is 16.1. The zero-order valence-corrected chi connectivity index (χ0v) is 16.1. The number of hydrogen-bond donors (Lipinski definition) is 2. The largest absolute Gasteiger partial charge is 0.383 e. The summed E-state index contributed by atoms with van der Waals surface area (Å²) in [6.45, 7) is 8.19. The van der Waals surface area contributed by atoms with Gasteiger partial charge < -0.3 is 20.3 Å². The maximum Gasteiger partial charge on any atom is 0.225 e. The lowest BCUT2D eigenvalue weighted by molar-refractivity contribution is -0.137. The van der Waals surface area contributed by atoms with E-state index in [-0.39, 0.29) is 6.04 Å². The minimum atomic E-state index is 0.223. The normalized spacial score (nSPS) is 21.4. The number of nitrogens with one attached hydrogen (secondary N) is 2. The molecule has 0 spiro atoms. The second kappa shape index (κ2) is 10.6. The molecule has 7 nitrogen and oxygen atoms in total. The average Bonchev–Trinajstić information content (AvgIpc) is 3.15. The molecule has 1 saturated carbocycles. The number of amides is 1. The van der Waals surface area contributed by atoms with Crippen molar-refractivity contribution in [2.45, 2.75) is 38.6 Å². The van der Waals surface area contributed by atoms with Gasteiger partial charge >= 0.3 is 0 Å². The van der Waals surface area contributed by atoms with E-state index in [1.54, 1.807) is 14.2 Å². The summed E-state index contributed by atoms with van der Waals surface area (Å²) in [5.41, 5.74) is 0. The lowest BCUT2D eigenvalue weighted by Crippen LogP contribution is -2.52. The van der Waals surface area contributed by atoms with Crippen LogP contribution in [0.2, 0.25) is 0 Å². The Balaban J connectivity index is 1.62. The first-order chi connectivity index (χ1) is 12.1. The van der Waals surface area contributed by atoms with Crippen LogP contribution in [0.4, 0.5) is 0 Å². The van der Waals surface area contributed by atoms with Gasteiger partial charge in [0.05, 0.1) is 6.61 Å². The molecule has 0 aromatic heterocycles. The third kappa shape index (κ3) is 6.47. The maximum atomic E-state index is 12.5. The highest BCUT2D eigenvalue weighted by molar-refractivity contribution is 5.80. The van der Waals surface area contributed by atoms with E-state index in [1.165, 1.54) is 12.8 Å². The molecule has 1 saturated heterocycles. The molecule has 1 atom stereocenters. The van der Waals surface area contributed by atoms with Crippen LogP contribution < -0.4 is 10.6 Å². The summed E-state index contributed by atoms with van der Waals surface area (Å²) >= 11 is 0. The number of carbonyl (C=O) groups excluding carboxylic acids is 1. The SMILES string of the molecule is CN=C(NCCN1CCN(C(=O)C2CCCC2)CC1)NC(C)COC. The molecular formula is C18H35N5O2. The Hall–Kier alpha value is -1.34. The van der Waals surface area contributed by atoms with Crippen LogP contribution in [0.3, 0.4) is 0 Å². The standard InChI is InChI=1S/C18H35N5O2/c1-15(14-25-3)21-18(19-2)20-8-9-22-10-12-23(13-11-22)17(24)16-6-4-5-7-16/h15-16H,4-14H2,1-3H3,(H2,19,20,21). The summed E-state index contributed by atoms with van der Waals surface area (Å²) in [4.78, 5) is 21.2. The van der Waals surface area contributed by atoms with E-state index in [0.717, 1.165) is 58.1 Å². The van der Waals surface area contributed by atoms with Crippen LogP contribution in [-0.2, 0) is 9.53 Å². The molecule has 2 fully saturated rings. The van der Waals surface area contributed by atoms with Gasteiger partial charge in [-0.2, -0.15) is 0 Å². The van der Waals surface area contributed by atoms with E-state index in [0.29, 0.717) is 18.4 Å². The molecule has 1 aliphatic carbocycles. The molecule has 1 unspecified atom stereocenters. The summed E-state index contributed by atoms with van der Waals surface area (Å²) in [7, 11) is 3.48. The maximum absolute atomic E-state index is 12.5. The molecular weight excluding hydrogens is 318 g/mol. The monoisotopic (exact) mass is 353 g/mol. The number of ether oxygens (including phenoxy) is 1. The van der Waals surface area contributed by atoms with Crippen LogP contribution in [-0.4, -0.2) is 87.7 Å². The van der Waals surface area contributed by atoms with Crippen molar-refractivity contribution < 1.29 is 9.53 Å². The molecule has 2 aliphatic rings. The second-order valence-electron chi connectivity index (χ2n) is 7.15. The van der Waals surface area contributed by atoms with E-state index in [2.05, 4.69) is 32.3 Å². The fourth-order valence-corrected chi connectivity index (χ4v) is 3.67. The van der Waals surface area contributed by atoms with Gasteiger partial charge in [-0.1, -0.05) is 12.8 Å². The highest BCUT2D eigenvalue weighted by atomic mass is 16.5. The van der Waals surface area contributed by atoms with E-state index >= 15 is 0 Å². The number of carbonyl (C=O) groups is 1. The molecule has 0 aromatic rings. The summed E-state index contributed by atoms with van der Waals surface area (Å²) in [6.07, 6.45) is 4.63. The summed E-state index contributed by atoms with van der Waals surface area (Å²) in [5.74, 6) is 1.50. The fourth-order valence-electron chi connectivity index (χ4n) is 3.67. The number of rotatable bonds is 7. The van der Waals surface area contributed by atoms with Crippen molar-refractivity contribution in [2.75, 3.05) is 60.0 Å². The lowest BCUT2D eigenvalue weighted by Gasteiger charge is -2.36. The minimum Gasteiger partial charge on any atom is -0.383 e. The van der Waals surface area contributed by atoms with Crippen LogP contribution in [0.1, 0.15) is 32.6 Å². The minimum absolute atomic E-state index is 0.223. The van der Waals surface area contributed by atoms with E-state index in [4.69, 9.17) is 4.74 Å². The lowest BCUT2D eigenvalue weighted by atomic mass is 10.1. The molecule has 144 valence electrons. The van der Waals surface area contributed by atoms with Gasteiger partial charge in [-0.05, 0) is 19.8 Å². The second-order valence-corrected chi connectivity index (χ2v) is 7.15. The van der Waals surface area contributed by atoms with Crippen molar-refractivity contribution in [3.8, 4) is 0 Å². The Morgan fingerprint density at radius 1 is 1.24 bits per heavy atom. The molecule has 7 heteroatoms. The number of guanidine groups is 1. The molecule has 1 amide bonds. The summed E-state index contributed by atoms with van der Waals surface area (Å²) in [5, 5.41) is 6.65. The van der Waals surface area contributed by atoms with E-state index in [9.17, 15) is 4.79 Å². The van der Waals surface area contributed by atoms with Gasteiger partial charge in [-0.3, -0.25) is 14.7 Å². The predicted molar refractivity (Wildman–Crippen MR) is 101 cm³/mol. The molecule has 1 aliphatic heterocycles. The van der Waals surface area contributed by atoms with Crippen LogP contribution in [0.5, 0.6) is 0 Å². The van der Waals surface area contributed by atoms with Crippen LogP contribution >= 0.6 is 0 Å². The third-order valence-electron chi connectivity index (χ3n) is 5.13. The smallest absolute Gasteiger partial charge is 0.225 e. The quantitative estimate of drug-likeness (QED) is 0.516. The van der Waals surface area contributed by atoms with Crippen molar-refractivity contribution in [3.63, 3.8) is 0 Å². The average molecular weight is 354 g/mol. The van der Waals surface area contributed by atoms with E-state index in [1.807, 2.05) is 0 Å². The summed E-state index contributed by atoms with van der Waals surface area (Å²) < 4.78 is 5.13.